The van der Waals surface area contributed by atoms with Gasteiger partial charge < -0.3 is 9.52 Å². The van der Waals surface area contributed by atoms with Crippen LogP contribution < -0.4 is 0 Å². The summed E-state index contributed by atoms with van der Waals surface area (Å²) >= 11 is 5.67. The van der Waals surface area contributed by atoms with Crippen molar-refractivity contribution in [1.82, 2.24) is 0 Å². The van der Waals surface area contributed by atoms with E-state index in [-0.39, 0.29) is 6.42 Å². The summed E-state index contributed by atoms with van der Waals surface area (Å²) in [6, 6.07) is 3.33. The van der Waals surface area contributed by atoms with E-state index in [1.807, 2.05) is 0 Å². The van der Waals surface area contributed by atoms with Crippen LogP contribution in [0.15, 0.2) is 22.8 Å². The lowest BCUT2D eigenvalue weighted by atomic mass is 10.2. The molecule has 60 valence electrons. The van der Waals surface area contributed by atoms with Crippen molar-refractivity contribution in [2.75, 3.05) is 0 Å². The van der Waals surface area contributed by atoms with Gasteiger partial charge in [0.05, 0.1) is 12.7 Å². The molecule has 0 spiro atoms. The molecule has 0 aliphatic rings. The van der Waals surface area contributed by atoms with Crippen LogP contribution in [0.1, 0.15) is 17.6 Å². The molecule has 0 amide bonds. The summed E-state index contributed by atoms with van der Waals surface area (Å²) < 4.78 is 4.90. The van der Waals surface area contributed by atoms with Gasteiger partial charge in [0.25, 0.3) is 0 Å². The third-order valence-corrected chi connectivity index (χ3v) is 1.58. The van der Waals surface area contributed by atoms with Crippen molar-refractivity contribution in [2.45, 2.75) is 11.8 Å². The molecule has 0 fully saturated rings. The molecule has 1 unspecified atom stereocenters. The fourth-order valence-corrected chi connectivity index (χ4v) is 0.980. The normalized spacial score (nSPS) is 12.8. The van der Waals surface area contributed by atoms with Gasteiger partial charge in [-0.3, -0.25) is 4.79 Å². The summed E-state index contributed by atoms with van der Waals surface area (Å²) in [5.41, 5.74) is 0. The highest BCUT2D eigenvalue weighted by molar-refractivity contribution is 6.21. The minimum Gasteiger partial charge on any atom is -0.481 e. The molecule has 0 saturated heterocycles. The topological polar surface area (TPSA) is 50.4 Å². The maximum atomic E-state index is 10.2. The number of carboxylic acid groups (broad SMARTS) is 1. The van der Waals surface area contributed by atoms with E-state index in [4.69, 9.17) is 21.1 Å². The molecule has 11 heavy (non-hydrogen) atoms. The maximum Gasteiger partial charge on any atom is 0.305 e. The Labute approximate surface area is 68.6 Å². The minimum atomic E-state index is -0.929. The van der Waals surface area contributed by atoms with Gasteiger partial charge in [-0.15, -0.1) is 11.6 Å². The average Bonchev–Trinajstić information content (AvgIpc) is 2.35. The fourth-order valence-electron chi connectivity index (χ4n) is 0.723. The number of furan rings is 1. The van der Waals surface area contributed by atoms with Crippen LogP contribution in [0.3, 0.4) is 0 Å². The van der Waals surface area contributed by atoms with Crippen LogP contribution in [-0.4, -0.2) is 11.1 Å². The quantitative estimate of drug-likeness (QED) is 0.714. The highest BCUT2D eigenvalue weighted by Gasteiger charge is 2.13. The Morgan fingerprint density at radius 2 is 2.55 bits per heavy atom. The SMILES string of the molecule is O=C(O)CC(Cl)c1ccco1. The molecular formula is C7H7ClO3. The Bertz CT molecular complexity index is 230. The van der Waals surface area contributed by atoms with E-state index in [0.717, 1.165) is 0 Å². The molecule has 1 aromatic rings. The second-order valence-electron chi connectivity index (χ2n) is 2.08. The average molecular weight is 175 g/mol. The van der Waals surface area contributed by atoms with E-state index < -0.39 is 11.3 Å². The Balaban J connectivity index is 2.56. The van der Waals surface area contributed by atoms with Gasteiger partial charge >= 0.3 is 5.97 Å². The largest absolute Gasteiger partial charge is 0.481 e. The third kappa shape index (κ3) is 2.27. The van der Waals surface area contributed by atoms with Crippen LogP contribution in [0.4, 0.5) is 0 Å². The van der Waals surface area contributed by atoms with Crippen LogP contribution >= 0.6 is 11.6 Å². The van der Waals surface area contributed by atoms with E-state index in [1.54, 1.807) is 12.1 Å². The monoisotopic (exact) mass is 174 g/mol. The molecule has 0 radical (unpaired) electrons. The zero-order valence-electron chi connectivity index (χ0n) is 5.66. The molecular weight excluding hydrogens is 168 g/mol. The summed E-state index contributed by atoms with van der Waals surface area (Å²) in [5.74, 6) is -0.435. The summed E-state index contributed by atoms with van der Waals surface area (Å²) in [7, 11) is 0. The Kier molecular flexibility index (Phi) is 2.54. The summed E-state index contributed by atoms with van der Waals surface area (Å²) in [6.45, 7) is 0. The smallest absolute Gasteiger partial charge is 0.305 e. The number of halogens is 1. The lowest BCUT2D eigenvalue weighted by molar-refractivity contribution is -0.137. The van der Waals surface area contributed by atoms with Gasteiger partial charge in [0.1, 0.15) is 11.1 Å². The summed E-state index contributed by atoms with van der Waals surface area (Å²) in [6.07, 6.45) is 1.35. The molecule has 0 bridgehead atoms. The molecule has 0 aliphatic carbocycles. The fraction of sp³-hybridized carbons (Fsp3) is 0.286. The number of rotatable bonds is 3. The first-order chi connectivity index (χ1) is 5.20. The van der Waals surface area contributed by atoms with Gasteiger partial charge in [0.2, 0.25) is 0 Å². The molecule has 1 rings (SSSR count). The van der Waals surface area contributed by atoms with Gasteiger partial charge in [0.15, 0.2) is 0 Å². The lowest BCUT2D eigenvalue weighted by Gasteiger charge is -2.00. The van der Waals surface area contributed by atoms with Gasteiger partial charge in [-0.1, -0.05) is 0 Å². The molecule has 0 saturated carbocycles. The van der Waals surface area contributed by atoms with Gasteiger partial charge in [-0.05, 0) is 12.1 Å². The van der Waals surface area contributed by atoms with Crippen molar-refractivity contribution < 1.29 is 14.3 Å². The molecule has 3 nitrogen and oxygen atoms in total. The standard InChI is InChI=1S/C7H7ClO3/c8-5(4-7(9)10)6-2-1-3-11-6/h1-3,5H,4H2,(H,9,10). The molecule has 0 aliphatic heterocycles. The number of hydrogen-bond acceptors (Lipinski definition) is 2. The van der Waals surface area contributed by atoms with Crippen molar-refractivity contribution in [3.63, 3.8) is 0 Å². The van der Waals surface area contributed by atoms with Gasteiger partial charge in [-0.25, -0.2) is 0 Å². The first-order valence-electron chi connectivity index (χ1n) is 3.09. The minimum absolute atomic E-state index is 0.116. The van der Waals surface area contributed by atoms with Crippen LogP contribution in [0.2, 0.25) is 0 Å². The second kappa shape index (κ2) is 3.44. The van der Waals surface area contributed by atoms with Crippen LogP contribution in [0.25, 0.3) is 0 Å². The molecule has 1 heterocycles. The number of hydrogen-bond donors (Lipinski definition) is 1. The number of carbonyl (C=O) groups is 1. The summed E-state index contributed by atoms with van der Waals surface area (Å²) in [4.78, 5) is 10.2. The van der Waals surface area contributed by atoms with Crippen molar-refractivity contribution in [3.05, 3.63) is 24.2 Å². The Hall–Kier alpha value is -0.960. The van der Waals surface area contributed by atoms with Crippen LogP contribution in [0, 0.1) is 0 Å². The number of alkyl halides is 1. The first kappa shape index (κ1) is 8.14. The van der Waals surface area contributed by atoms with Crippen LogP contribution in [-0.2, 0) is 4.79 Å². The highest BCUT2D eigenvalue weighted by atomic mass is 35.5. The van der Waals surface area contributed by atoms with E-state index in [0.29, 0.717) is 5.76 Å². The Morgan fingerprint density at radius 3 is 3.00 bits per heavy atom. The summed E-state index contributed by atoms with van der Waals surface area (Å²) in [5, 5.41) is 7.79. The number of carboxylic acids is 1. The Morgan fingerprint density at radius 1 is 1.82 bits per heavy atom. The molecule has 1 atom stereocenters. The third-order valence-electron chi connectivity index (χ3n) is 1.21. The van der Waals surface area contributed by atoms with Crippen molar-refractivity contribution in [2.24, 2.45) is 0 Å². The molecule has 0 aromatic carbocycles. The predicted molar refractivity (Wildman–Crippen MR) is 39.6 cm³/mol. The number of aliphatic carboxylic acids is 1. The molecule has 4 heteroatoms. The van der Waals surface area contributed by atoms with E-state index in [2.05, 4.69) is 0 Å². The molecule has 1 N–H and O–H groups in total. The van der Waals surface area contributed by atoms with E-state index in [1.165, 1.54) is 6.26 Å². The van der Waals surface area contributed by atoms with Gasteiger partial charge in [-0.2, -0.15) is 0 Å². The van der Waals surface area contributed by atoms with Gasteiger partial charge in [0, 0.05) is 0 Å². The molecule has 1 aromatic heterocycles. The first-order valence-corrected chi connectivity index (χ1v) is 3.53. The van der Waals surface area contributed by atoms with E-state index >= 15 is 0 Å². The zero-order chi connectivity index (χ0) is 8.27. The lowest BCUT2D eigenvalue weighted by Crippen LogP contribution is -1.99. The van der Waals surface area contributed by atoms with Crippen molar-refractivity contribution >= 4 is 17.6 Å². The van der Waals surface area contributed by atoms with E-state index in [9.17, 15) is 4.79 Å². The highest BCUT2D eigenvalue weighted by Crippen LogP contribution is 2.23. The maximum absolute atomic E-state index is 10.2. The second-order valence-corrected chi connectivity index (χ2v) is 2.61. The predicted octanol–water partition coefficient (Wildman–Crippen LogP) is 2.03. The zero-order valence-corrected chi connectivity index (χ0v) is 6.41. The van der Waals surface area contributed by atoms with Crippen molar-refractivity contribution in [3.8, 4) is 0 Å². The van der Waals surface area contributed by atoms with Crippen LogP contribution in [0.5, 0.6) is 0 Å². The van der Waals surface area contributed by atoms with Crippen molar-refractivity contribution in [1.29, 1.82) is 0 Å².